The molecule has 8 heteroatoms. The zero-order valence-corrected chi connectivity index (χ0v) is 23.0. The van der Waals surface area contributed by atoms with Crippen molar-refractivity contribution in [3.8, 4) is 0 Å². The number of aliphatic imine (C=N–C) groups is 1. The number of ether oxygens (including phenoxy) is 1. The molecule has 0 spiro atoms. The molecule has 2 N–H and O–H groups in total. The zero-order chi connectivity index (χ0) is 22.1. The molecule has 0 bridgehead atoms. The third-order valence-corrected chi connectivity index (χ3v) is 6.98. The van der Waals surface area contributed by atoms with Gasteiger partial charge in [0.15, 0.2) is 5.96 Å². The summed E-state index contributed by atoms with van der Waals surface area (Å²) in [7, 11) is 2.05. The molecule has 0 unspecified atom stereocenters. The first-order valence-corrected chi connectivity index (χ1v) is 12.5. The molecule has 1 aromatic rings. The fraction of sp³-hybridized carbons (Fsp3) is 0.833. The van der Waals surface area contributed by atoms with E-state index in [1.165, 1.54) is 55.6 Å². The number of rotatable bonds is 9. The van der Waals surface area contributed by atoms with Crippen molar-refractivity contribution < 1.29 is 4.74 Å². The van der Waals surface area contributed by atoms with Gasteiger partial charge in [-0.25, -0.2) is 4.99 Å². The molecule has 0 atom stereocenters. The number of aryl methyl sites for hydroxylation is 2. The summed E-state index contributed by atoms with van der Waals surface area (Å²) in [6.45, 7) is 14.1. The van der Waals surface area contributed by atoms with Gasteiger partial charge in [0.25, 0.3) is 0 Å². The van der Waals surface area contributed by atoms with Crippen molar-refractivity contribution in [3.05, 3.63) is 17.0 Å². The van der Waals surface area contributed by atoms with Gasteiger partial charge in [-0.2, -0.15) is 5.10 Å². The molecule has 2 heterocycles. The van der Waals surface area contributed by atoms with Gasteiger partial charge in [-0.05, 0) is 32.6 Å². The highest BCUT2D eigenvalue weighted by Crippen LogP contribution is 2.36. The van der Waals surface area contributed by atoms with E-state index in [1.54, 1.807) is 0 Å². The van der Waals surface area contributed by atoms with Crippen LogP contribution in [0.1, 0.15) is 69.8 Å². The summed E-state index contributed by atoms with van der Waals surface area (Å²) in [4.78, 5) is 7.59. The van der Waals surface area contributed by atoms with Gasteiger partial charge in [-0.3, -0.25) is 9.58 Å². The first-order valence-electron chi connectivity index (χ1n) is 12.5. The molecule has 1 saturated carbocycles. The van der Waals surface area contributed by atoms with Gasteiger partial charge in [-0.1, -0.05) is 33.1 Å². The number of morpholine rings is 1. The topological polar surface area (TPSA) is 66.7 Å². The van der Waals surface area contributed by atoms with Crippen LogP contribution in [0.5, 0.6) is 0 Å². The predicted octanol–water partition coefficient (Wildman–Crippen LogP) is 3.50. The van der Waals surface area contributed by atoms with Crippen LogP contribution in [0.2, 0.25) is 0 Å². The van der Waals surface area contributed by atoms with Gasteiger partial charge in [0, 0.05) is 56.4 Å². The Morgan fingerprint density at radius 1 is 1.06 bits per heavy atom. The molecule has 0 amide bonds. The van der Waals surface area contributed by atoms with Gasteiger partial charge < -0.3 is 15.4 Å². The zero-order valence-electron chi connectivity index (χ0n) is 20.7. The summed E-state index contributed by atoms with van der Waals surface area (Å²) in [6, 6.07) is 0. The molecule has 1 saturated heterocycles. The quantitative estimate of drug-likeness (QED) is 0.275. The maximum absolute atomic E-state index is 5.57. The van der Waals surface area contributed by atoms with E-state index in [1.807, 2.05) is 11.7 Å². The van der Waals surface area contributed by atoms with Crippen molar-refractivity contribution in [1.29, 1.82) is 0 Å². The Kier molecular flexibility index (Phi) is 11.8. The Morgan fingerprint density at radius 2 is 1.78 bits per heavy atom. The number of nitrogens with zero attached hydrogens (tertiary/aromatic N) is 4. The van der Waals surface area contributed by atoms with Crippen LogP contribution >= 0.6 is 24.0 Å². The molecule has 3 rings (SSSR count). The molecule has 1 aromatic heterocycles. The number of nitrogens with one attached hydrogen (secondary N) is 2. The smallest absolute Gasteiger partial charge is 0.191 e. The van der Waals surface area contributed by atoms with Crippen LogP contribution in [0.15, 0.2) is 4.99 Å². The second-order valence-electron chi connectivity index (χ2n) is 9.20. The number of hydrogen-bond acceptors (Lipinski definition) is 4. The van der Waals surface area contributed by atoms with Crippen molar-refractivity contribution in [3.63, 3.8) is 0 Å². The maximum Gasteiger partial charge on any atom is 0.191 e. The van der Waals surface area contributed by atoms with E-state index < -0.39 is 0 Å². The number of halogens is 1. The van der Waals surface area contributed by atoms with Gasteiger partial charge in [-0.15, -0.1) is 24.0 Å². The predicted molar refractivity (Wildman–Crippen MR) is 143 cm³/mol. The van der Waals surface area contributed by atoms with Crippen LogP contribution in [-0.4, -0.2) is 66.6 Å². The van der Waals surface area contributed by atoms with Gasteiger partial charge >= 0.3 is 0 Å². The van der Waals surface area contributed by atoms with E-state index in [2.05, 4.69) is 36.3 Å². The first kappa shape index (κ1) is 27.4. The van der Waals surface area contributed by atoms with Crippen LogP contribution in [0.4, 0.5) is 0 Å². The van der Waals surface area contributed by atoms with Crippen molar-refractivity contribution in [1.82, 2.24) is 25.3 Å². The highest BCUT2D eigenvalue weighted by molar-refractivity contribution is 14.0. The van der Waals surface area contributed by atoms with Crippen molar-refractivity contribution in [2.24, 2.45) is 17.5 Å². The van der Waals surface area contributed by atoms with Crippen LogP contribution < -0.4 is 10.6 Å². The van der Waals surface area contributed by atoms with Crippen LogP contribution in [-0.2, 0) is 31.2 Å². The second-order valence-corrected chi connectivity index (χ2v) is 9.20. The molecular formula is C24H45IN6O. The maximum atomic E-state index is 5.57. The summed E-state index contributed by atoms with van der Waals surface area (Å²) in [5, 5.41) is 11.9. The van der Waals surface area contributed by atoms with Crippen LogP contribution in [0.3, 0.4) is 0 Å². The molecule has 0 aromatic carbocycles. The lowest BCUT2D eigenvalue weighted by Gasteiger charge is -2.42. The van der Waals surface area contributed by atoms with Crippen LogP contribution in [0, 0.1) is 5.41 Å². The molecule has 184 valence electrons. The summed E-state index contributed by atoms with van der Waals surface area (Å²) in [6.07, 6.45) is 8.61. The Labute approximate surface area is 212 Å². The lowest BCUT2D eigenvalue weighted by molar-refractivity contribution is 0.00820. The summed E-state index contributed by atoms with van der Waals surface area (Å²) in [5.74, 6) is 0.933. The third kappa shape index (κ3) is 7.32. The van der Waals surface area contributed by atoms with E-state index in [-0.39, 0.29) is 24.0 Å². The molecule has 1 aliphatic carbocycles. The SMILES string of the molecule is CCNC(=NCc1c(CC)nn(C)c1CC)NCC1(CN2CCOCC2)CCCCC1.I. The van der Waals surface area contributed by atoms with E-state index >= 15 is 0 Å². The number of guanidine groups is 1. The van der Waals surface area contributed by atoms with Crippen LogP contribution in [0.25, 0.3) is 0 Å². The van der Waals surface area contributed by atoms with Gasteiger partial charge in [0.05, 0.1) is 25.5 Å². The third-order valence-electron chi connectivity index (χ3n) is 6.98. The molecule has 0 radical (unpaired) electrons. The van der Waals surface area contributed by atoms with E-state index in [0.29, 0.717) is 12.0 Å². The van der Waals surface area contributed by atoms with Crippen molar-refractivity contribution in [2.75, 3.05) is 45.9 Å². The average molecular weight is 561 g/mol. The molecule has 2 fully saturated rings. The highest BCUT2D eigenvalue weighted by atomic mass is 127. The van der Waals surface area contributed by atoms with Crippen molar-refractivity contribution in [2.45, 2.75) is 72.3 Å². The Bertz CT molecular complexity index is 708. The minimum Gasteiger partial charge on any atom is -0.379 e. The summed E-state index contributed by atoms with van der Waals surface area (Å²) < 4.78 is 7.60. The van der Waals surface area contributed by atoms with Gasteiger partial charge in [0.1, 0.15) is 0 Å². The molecular weight excluding hydrogens is 515 g/mol. The molecule has 32 heavy (non-hydrogen) atoms. The minimum absolute atomic E-state index is 0. The molecule has 7 nitrogen and oxygen atoms in total. The minimum atomic E-state index is 0. The second kappa shape index (κ2) is 13.7. The molecule has 2 aliphatic rings. The van der Waals surface area contributed by atoms with E-state index in [9.17, 15) is 0 Å². The Balaban J connectivity index is 0.00000363. The lowest BCUT2D eigenvalue weighted by Crippen LogP contribution is -2.51. The van der Waals surface area contributed by atoms with Crippen molar-refractivity contribution >= 4 is 29.9 Å². The number of hydrogen-bond donors (Lipinski definition) is 2. The normalized spacial score (nSPS) is 19.4. The largest absolute Gasteiger partial charge is 0.379 e. The summed E-state index contributed by atoms with van der Waals surface area (Å²) in [5.41, 5.74) is 4.11. The monoisotopic (exact) mass is 560 g/mol. The van der Waals surface area contributed by atoms with E-state index in [4.69, 9.17) is 14.8 Å². The fourth-order valence-electron chi connectivity index (χ4n) is 5.27. The van der Waals surface area contributed by atoms with E-state index in [0.717, 1.165) is 58.2 Å². The Hall–Kier alpha value is -0.870. The standard InChI is InChI=1S/C24H44N6O.HI/c1-5-21-20(22(6-2)29(4)28-21)17-26-23(25-7-3)27-18-24(11-9-8-10-12-24)19-30-13-15-31-16-14-30;/h5-19H2,1-4H3,(H2,25,26,27);1H. The number of aromatic nitrogens is 2. The lowest BCUT2D eigenvalue weighted by atomic mass is 9.73. The van der Waals surface area contributed by atoms with Gasteiger partial charge in [0.2, 0.25) is 0 Å². The molecule has 1 aliphatic heterocycles. The summed E-state index contributed by atoms with van der Waals surface area (Å²) >= 11 is 0. The first-order chi connectivity index (χ1) is 15.1. The highest BCUT2D eigenvalue weighted by Gasteiger charge is 2.34. The fourth-order valence-corrected chi connectivity index (χ4v) is 5.27. The Morgan fingerprint density at radius 3 is 2.41 bits per heavy atom. The average Bonchev–Trinajstić information content (AvgIpc) is 3.11.